The molecule has 0 aliphatic carbocycles. The topological polar surface area (TPSA) is 110 Å². The van der Waals surface area contributed by atoms with Gasteiger partial charge in [0.1, 0.15) is 6.04 Å². The molecule has 8 heteroatoms. The number of carbonyl (C=O) groups is 3. The number of Topliss-reactive ketones (excluding diaryl/α,β-unsaturated/α-hetero) is 1. The summed E-state index contributed by atoms with van der Waals surface area (Å²) in [6, 6.07) is 11.2. The van der Waals surface area contributed by atoms with Crippen LogP contribution in [-0.2, 0) is 9.59 Å². The maximum absolute atomic E-state index is 12.6. The van der Waals surface area contributed by atoms with Crippen molar-refractivity contribution in [2.75, 3.05) is 10.2 Å². The summed E-state index contributed by atoms with van der Waals surface area (Å²) in [6.45, 7) is 1.40. The Morgan fingerprint density at radius 2 is 1.92 bits per heavy atom. The average Bonchev–Trinajstić information content (AvgIpc) is 2.88. The molecule has 2 aromatic carbocycles. The number of amides is 2. The average molecular weight is 353 g/mol. The highest BCUT2D eigenvalue weighted by Gasteiger charge is 2.39. The number of carbonyl (C=O) groups excluding carboxylic acids is 3. The standard InChI is InChI=1S/C18H15N3O5/c1-11(22)12-4-2-6-14(8-12)20-17(23)10-16(18(20)24)19-13-5-3-7-15(9-13)21(25)26/h2-9,16,19H,10H2,1H3/t16-/m1/s1. The van der Waals surface area contributed by atoms with Gasteiger partial charge in [-0.25, -0.2) is 4.90 Å². The van der Waals surface area contributed by atoms with Gasteiger partial charge >= 0.3 is 0 Å². The summed E-state index contributed by atoms with van der Waals surface area (Å²) >= 11 is 0. The third-order valence-electron chi connectivity index (χ3n) is 4.06. The summed E-state index contributed by atoms with van der Waals surface area (Å²) in [7, 11) is 0. The summed E-state index contributed by atoms with van der Waals surface area (Å²) < 4.78 is 0. The van der Waals surface area contributed by atoms with Crippen molar-refractivity contribution in [2.45, 2.75) is 19.4 Å². The Hall–Kier alpha value is -3.55. The van der Waals surface area contributed by atoms with Crippen LogP contribution in [0.2, 0.25) is 0 Å². The molecule has 0 unspecified atom stereocenters. The number of hydrogen-bond donors (Lipinski definition) is 1. The second kappa shape index (κ2) is 6.75. The molecule has 0 saturated carbocycles. The summed E-state index contributed by atoms with van der Waals surface area (Å²) in [5.41, 5.74) is 0.997. The molecule has 3 rings (SSSR count). The van der Waals surface area contributed by atoms with E-state index in [1.165, 1.54) is 31.2 Å². The molecule has 1 atom stereocenters. The van der Waals surface area contributed by atoms with E-state index in [1.807, 2.05) is 0 Å². The molecule has 2 amide bonds. The number of benzene rings is 2. The van der Waals surface area contributed by atoms with Gasteiger partial charge < -0.3 is 5.32 Å². The second-order valence-electron chi connectivity index (χ2n) is 5.88. The zero-order valence-corrected chi connectivity index (χ0v) is 13.8. The molecule has 0 spiro atoms. The molecule has 132 valence electrons. The number of ketones is 1. The molecule has 0 bridgehead atoms. The Balaban J connectivity index is 1.83. The first-order chi connectivity index (χ1) is 12.4. The molecular formula is C18H15N3O5. The van der Waals surface area contributed by atoms with E-state index < -0.39 is 22.8 Å². The molecule has 1 N–H and O–H groups in total. The number of nitro benzene ring substituents is 1. The molecule has 1 fully saturated rings. The second-order valence-corrected chi connectivity index (χ2v) is 5.88. The molecule has 0 aromatic heterocycles. The molecule has 26 heavy (non-hydrogen) atoms. The number of nitrogens with one attached hydrogen (secondary N) is 1. The van der Waals surface area contributed by atoms with Crippen LogP contribution in [0.15, 0.2) is 48.5 Å². The van der Waals surface area contributed by atoms with E-state index in [0.29, 0.717) is 16.9 Å². The van der Waals surface area contributed by atoms with E-state index in [4.69, 9.17) is 0 Å². The van der Waals surface area contributed by atoms with E-state index in [1.54, 1.807) is 24.3 Å². The van der Waals surface area contributed by atoms with Gasteiger partial charge in [-0.2, -0.15) is 0 Å². The Labute approximate surface area is 148 Å². The Morgan fingerprint density at radius 3 is 2.62 bits per heavy atom. The zero-order chi connectivity index (χ0) is 18.8. The van der Waals surface area contributed by atoms with Crippen molar-refractivity contribution in [1.82, 2.24) is 0 Å². The van der Waals surface area contributed by atoms with Crippen LogP contribution >= 0.6 is 0 Å². The van der Waals surface area contributed by atoms with Crippen LogP contribution < -0.4 is 10.2 Å². The van der Waals surface area contributed by atoms with E-state index >= 15 is 0 Å². The molecule has 0 radical (unpaired) electrons. The van der Waals surface area contributed by atoms with Crippen molar-refractivity contribution in [1.29, 1.82) is 0 Å². The predicted octanol–water partition coefficient (Wildman–Crippen LogP) is 2.54. The first kappa shape index (κ1) is 17.3. The van der Waals surface area contributed by atoms with Gasteiger partial charge in [-0.15, -0.1) is 0 Å². The molecule has 1 aliphatic rings. The number of nitrogens with zero attached hydrogens (tertiary/aromatic N) is 2. The molecule has 1 aliphatic heterocycles. The van der Waals surface area contributed by atoms with Crippen LogP contribution in [0.3, 0.4) is 0 Å². The maximum Gasteiger partial charge on any atom is 0.271 e. The Bertz CT molecular complexity index is 925. The number of nitro groups is 1. The van der Waals surface area contributed by atoms with Gasteiger partial charge in [-0.05, 0) is 25.1 Å². The monoisotopic (exact) mass is 353 g/mol. The minimum atomic E-state index is -0.828. The lowest BCUT2D eigenvalue weighted by atomic mass is 10.1. The lowest BCUT2D eigenvalue weighted by Gasteiger charge is -2.16. The van der Waals surface area contributed by atoms with Crippen molar-refractivity contribution < 1.29 is 19.3 Å². The van der Waals surface area contributed by atoms with Crippen molar-refractivity contribution >= 4 is 34.7 Å². The fraction of sp³-hybridized carbons (Fsp3) is 0.167. The predicted molar refractivity (Wildman–Crippen MR) is 94.1 cm³/mol. The summed E-state index contributed by atoms with van der Waals surface area (Å²) in [5, 5.41) is 13.7. The number of hydrogen-bond acceptors (Lipinski definition) is 6. The largest absolute Gasteiger partial charge is 0.373 e. The number of imide groups is 1. The first-order valence-corrected chi connectivity index (χ1v) is 7.85. The van der Waals surface area contributed by atoms with Gasteiger partial charge in [0, 0.05) is 23.4 Å². The third-order valence-corrected chi connectivity index (χ3v) is 4.06. The number of anilines is 2. The fourth-order valence-electron chi connectivity index (χ4n) is 2.79. The quantitative estimate of drug-likeness (QED) is 0.383. The SMILES string of the molecule is CC(=O)c1cccc(N2C(=O)C[C@@H](Nc3cccc([N+](=O)[O-])c3)C2=O)c1. The minimum absolute atomic E-state index is 0.0776. The normalized spacial score (nSPS) is 16.7. The van der Waals surface area contributed by atoms with E-state index in [2.05, 4.69) is 5.32 Å². The number of rotatable bonds is 5. The van der Waals surface area contributed by atoms with Crippen LogP contribution in [0.4, 0.5) is 17.1 Å². The molecular weight excluding hydrogens is 338 g/mol. The van der Waals surface area contributed by atoms with Crippen molar-refractivity contribution in [3.8, 4) is 0 Å². The van der Waals surface area contributed by atoms with Crippen molar-refractivity contribution in [2.24, 2.45) is 0 Å². The first-order valence-electron chi connectivity index (χ1n) is 7.85. The molecule has 2 aromatic rings. The highest BCUT2D eigenvalue weighted by atomic mass is 16.6. The van der Waals surface area contributed by atoms with Gasteiger partial charge in [0.05, 0.1) is 17.0 Å². The smallest absolute Gasteiger partial charge is 0.271 e. The van der Waals surface area contributed by atoms with E-state index in [-0.39, 0.29) is 17.9 Å². The number of non-ortho nitro benzene ring substituents is 1. The van der Waals surface area contributed by atoms with Crippen LogP contribution in [0.1, 0.15) is 23.7 Å². The Kier molecular flexibility index (Phi) is 4.49. The lowest BCUT2D eigenvalue weighted by Crippen LogP contribution is -2.34. The highest BCUT2D eigenvalue weighted by molar-refractivity contribution is 6.23. The van der Waals surface area contributed by atoms with E-state index in [0.717, 1.165) is 4.90 Å². The van der Waals surface area contributed by atoms with Crippen LogP contribution in [0.25, 0.3) is 0 Å². The third kappa shape index (κ3) is 3.30. The zero-order valence-electron chi connectivity index (χ0n) is 13.8. The maximum atomic E-state index is 12.6. The highest BCUT2D eigenvalue weighted by Crippen LogP contribution is 2.27. The van der Waals surface area contributed by atoms with Gasteiger partial charge in [0.2, 0.25) is 5.91 Å². The van der Waals surface area contributed by atoms with Gasteiger partial charge in [0.15, 0.2) is 5.78 Å². The van der Waals surface area contributed by atoms with Gasteiger partial charge in [-0.1, -0.05) is 18.2 Å². The van der Waals surface area contributed by atoms with Crippen LogP contribution in [0.5, 0.6) is 0 Å². The fourth-order valence-corrected chi connectivity index (χ4v) is 2.79. The van der Waals surface area contributed by atoms with Gasteiger partial charge in [0.25, 0.3) is 11.6 Å². The van der Waals surface area contributed by atoms with Gasteiger partial charge in [-0.3, -0.25) is 24.5 Å². The summed E-state index contributed by atoms with van der Waals surface area (Å²) in [5.74, 6) is -1.04. The lowest BCUT2D eigenvalue weighted by molar-refractivity contribution is -0.384. The molecule has 1 heterocycles. The van der Waals surface area contributed by atoms with Crippen molar-refractivity contribution in [3.63, 3.8) is 0 Å². The van der Waals surface area contributed by atoms with Crippen LogP contribution in [-0.4, -0.2) is 28.6 Å². The molecule has 8 nitrogen and oxygen atoms in total. The summed E-state index contributed by atoms with van der Waals surface area (Å²) in [4.78, 5) is 47.8. The van der Waals surface area contributed by atoms with Crippen LogP contribution in [0, 0.1) is 10.1 Å². The Morgan fingerprint density at radius 1 is 1.19 bits per heavy atom. The molecule has 1 saturated heterocycles. The van der Waals surface area contributed by atoms with E-state index in [9.17, 15) is 24.5 Å². The van der Waals surface area contributed by atoms with Crippen molar-refractivity contribution in [3.05, 3.63) is 64.2 Å². The minimum Gasteiger partial charge on any atom is -0.373 e. The summed E-state index contributed by atoms with van der Waals surface area (Å²) in [6.07, 6.45) is -0.0776.